The zero-order valence-electron chi connectivity index (χ0n) is 13.9. The van der Waals surface area contributed by atoms with Crippen molar-refractivity contribution in [2.45, 2.75) is 0 Å². The van der Waals surface area contributed by atoms with Gasteiger partial charge in [-0.2, -0.15) is 0 Å². The van der Waals surface area contributed by atoms with E-state index in [1.807, 2.05) is 36.4 Å². The third-order valence-electron chi connectivity index (χ3n) is 3.74. The lowest BCUT2D eigenvalue weighted by Crippen LogP contribution is -1.99. The molecule has 2 heterocycles. The van der Waals surface area contributed by atoms with Crippen LogP contribution in [0.3, 0.4) is 0 Å². The smallest absolute Gasteiger partial charge is 0.203 e. The second kappa shape index (κ2) is 7.49. The first-order valence-corrected chi connectivity index (χ1v) is 8.97. The highest BCUT2D eigenvalue weighted by Crippen LogP contribution is 2.42. The summed E-state index contributed by atoms with van der Waals surface area (Å²) in [6.45, 7) is 0. The highest BCUT2D eigenvalue weighted by atomic mass is 79.9. The van der Waals surface area contributed by atoms with Crippen molar-refractivity contribution < 1.29 is 14.2 Å². The Balaban J connectivity index is 2.27. The van der Waals surface area contributed by atoms with Crippen molar-refractivity contribution >= 4 is 42.1 Å². The molecule has 1 aromatic heterocycles. The van der Waals surface area contributed by atoms with Gasteiger partial charge in [0.05, 0.1) is 31.6 Å². The Hall–Kier alpha value is -1.99. The molecule has 25 heavy (non-hydrogen) atoms. The van der Waals surface area contributed by atoms with Gasteiger partial charge in [0.2, 0.25) is 5.75 Å². The van der Waals surface area contributed by atoms with Crippen molar-refractivity contribution in [2.24, 2.45) is 4.99 Å². The SMILES string of the molecule is COc1cc(/C(=C2/C=CC(Br)=N2)c2ccc(Br)[nH]2)cc(OC)c1OC. The summed E-state index contributed by atoms with van der Waals surface area (Å²) in [6, 6.07) is 7.76. The standard InChI is InChI=1S/C18H16Br2N2O3/c1-23-13-8-10(9-14(24-2)18(13)25-3)17(11-4-6-15(19)21-11)12-5-7-16(20)22-12/h4-9,21H,1-3H3/b17-12+. The molecule has 1 N–H and O–H groups in total. The number of aromatic nitrogens is 1. The minimum absolute atomic E-state index is 0.553. The number of H-pyrrole nitrogens is 1. The topological polar surface area (TPSA) is 55.8 Å². The second-order valence-corrected chi connectivity index (χ2v) is 6.83. The van der Waals surface area contributed by atoms with E-state index in [9.17, 15) is 0 Å². The Morgan fingerprint density at radius 2 is 1.64 bits per heavy atom. The average Bonchev–Trinajstić information content (AvgIpc) is 3.23. The lowest BCUT2D eigenvalue weighted by Gasteiger charge is -2.16. The molecular weight excluding hydrogens is 452 g/mol. The molecule has 7 heteroatoms. The fourth-order valence-corrected chi connectivity index (χ4v) is 3.33. The molecule has 0 fully saturated rings. The third-order valence-corrected chi connectivity index (χ3v) is 4.64. The fraction of sp³-hybridized carbons (Fsp3) is 0.167. The molecule has 1 aromatic carbocycles. The molecule has 0 bridgehead atoms. The molecular formula is C18H16Br2N2O3. The van der Waals surface area contributed by atoms with E-state index in [1.54, 1.807) is 21.3 Å². The number of methoxy groups -OCH3 is 3. The summed E-state index contributed by atoms with van der Waals surface area (Å²) in [4.78, 5) is 7.86. The summed E-state index contributed by atoms with van der Waals surface area (Å²) in [5, 5.41) is 0. The molecule has 0 atom stereocenters. The van der Waals surface area contributed by atoms with Gasteiger partial charge in [0, 0.05) is 11.3 Å². The number of rotatable bonds is 5. The van der Waals surface area contributed by atoms with E-state index >= 15 is 0 Å². The molecule has 3 rings (SSSR count). The molecule has 0 aliphatic carbocycles. The highest BCUT2D eigenvalue weighted by molar-refractivity contribution is 9.18. The summed E-state index contributed by atoms with van der Waals surface area (Å²) < 4.78 is 18.0. The van der Waals surface area contributed by atoms with Crippen molar-refractivity contribution in [3.63, 3.8) is 0 Å². The number of hydrogen-bond donors (Lipinski definition) is 1. The van der Waals surface area contributed by atoms with Gasteiger partial charge in [0.1, 0.15) is 4.62 Å². The van der Waals surface area contributed by atoms with Crippen molar-refractivity contribution in [3.05, 3.63) is 58.0 Å². The van der Waals surface area contributed by atoms with E-state index in [0.717, 1.165) is 31.8 Å². The average molecular weight is 468 g/mol. The van der Waals surface area contributed by atoms with Crippen molar-refractivity contribution in [3.8, 4) is 17.2 Å². The quantitative estimate of drug-likeness (QED) is 0.678. The van der Waals surface area contributed by atoms with Crippen molar-refractivity contribution in [1.29, 1.82) is 0 Å². The first-order chi connectivity index (χ1) is 12.1. The Labute approximate surface area is 162 Å². The predicted molar refractivity (Wildman–Crippen MR) is 106 cm³/mol. The monoisotopic (exact) mass is 466 g/mol. The third kappa shape index (κ3) is 3.52. The number of ether oxygens (including phenoxy) is 3. The number of hydrogen-bond acceptors (Lipinski definition) is 4. The number of aromatic amines is 1. The van der Waals surface area contributed by atoms with Crippen LogP contribution in [-0.2, 0) is 0 Å². The maximum atomic E-state index is 5.48. The van der Waals surface area contributed by atoms with Gasteiger partial charge < -0.3 is 19.2 Å². The van der Waals surface area contributed by atoms with Gasteiger partial charge in [0.25, 0.3) is 0 Å². The summed E-state index contributed by atoms with van der Waals surface area (Å²) in [5.74, 6) is 1.73. The van der Waals surface area contributed by atoms with E-state index in [4.69, 9.17) is 14.2 Å². The molecule has 0 saturated heterocycles. The number of halogens is 2. The van der Waals surface area contributed by atoms with Crippen LogP contribution in [0.25, 0.3) is 5.57 Å². The van der Waals surface area contributed by atoms with Gasteiger partial charge in [-0.25, -0.2) is 4.99 Å². The van der Waals surface area contributed by atoms with Crippen LogP contribution in [0.15, 0.2) is 51.7 Å². The van der Waals surface area contributed by atoms with Gasteiger partial charge in [-0.1, -0.05) is 0 Å². The van der Waals surface area contributed by atoms with Crippen LogP contribution in [0.1, 0.15) is 11.3 Å². The first kappa shape index (κ1) is 17.8. The molecule has 1 aliphatic heterocycles. The van der Waals surface area contributed by atoms with Crippen LogP contribution in [0, 0.1) is 0 Å². The molecule has 2 aromatic rings. The molecule has 0 amide bonds. The lowest BCUT2D eigenvalue weighted by atomic mass is 9.99. The van der Waals surface area contributed by atoms with Gasteiger partial charge in [-0.05, 0) is 73.8 Å². The maximum Gasteiger partial charge on any atom is 0.203 e. The van der Waals surface area contributed by atoms with Crippen LogP contribution in [0.2, 0.25) is 0 Å². The van der Waals surface area contributed by atoms with E-state index < -0.39 is 0 Å². The van der Waals surface area contributed by atoms with Crippen LogP contribution >= 0.6 is 31.9 Å². The molecule has 0 radical (unpaired) electrons. The number of benzene rings is 1. The highest BCUT2D eigenvalue weighted by Gasteiger charge is 2.20. The predicted octanol–water partition coefficient (Wildman–Crippen LogP) is 4.93. The molecule has 0 spiro atoms. The normalized spacial score (nSPS) is 15.2. The van der Waals surface area contributed by atoms with Crippen molar-refractivity contribution in [1.82, 2.24) is 4.98 Å². The van der Waals surface area contributed by atoms with Crippen LogP contribution in [-0.4, -0.2) is 30.9 Å². The lowest BCUT2D eigenvalue weighted by molar-refractivity contribution is 0.324. The zero-order valence-corrected chi connectivity index (χ0v) is 17.1. The molecule has 5 nitrogen and oxygen atoms in total. The van der Waals surface area contributed by atoms with Crippen LogP contribution < -0.4 is 14.2 Å². The minimum Gasteiger partial charge on any atom is -0.493 e. The minimum atomic E-state index is 0.553. The van der Waals surface area contributed by atoms with Gasteiger partial charge in [0.15, 0.2) is 11.5 Å². The van der Waals surface area contributed by atoms with E-state index in [2.05, 4.69) is 41.8 Å². The number of aliphatic imine (C=N–C) groups is 1. The number of nitrogens with one attached hydrogen (secondary N) is 1. The van der Waals surface area contributed by atoms with Gasteiger partial charge in [-0.3, -0.25) is 0 Å². The Bertz CT molecular complexity index is 872. The van der Waals surface area contributed by atoms with E-state index in [0.29, 0.717) is 17.2 Å². The summed E-state index contributed by atoms with van der Waals surface area (Å²) in [7, 11) is 4.79. The summed E-state index contributed by atoms with van der Waals surface area (Å²) >= 11 is 6.88. The molecule has 130 valence electrons. The summed E-state index contributed by atoms with van der Waals surface area (Å²) in [6.07, 6.45) is 3.86. The molecule has 0 saturated carbocycles. The number of allylic oxidation sites excluding steroid dienone is 2. The Morgan fingerprint density at radius 1 is 0.960 bits per heavy atom. The summed E-state index contributed by atoms with van der Waals surface area (Å²) in [5.41, 5.74) is 3.58. The fourth-order valence-electron chi connectivity index (χ4n) is 2.66. The van der Waals surface area contributed by atoms with Crippen LogP contribution in [0.5, 0.6) is 17.2 Å². The second-order valence-electron chi connectivity index (χ2n) is 5.16. The van der Waals surface area contributed by atoms with Gasteiger partial charge in [-0.15, -0.1) is 0 Å². The maximum absolute atomic E-state index is 5.48. The first-order valence-electron chi connectivity index (χ1n) is 7.39. The molecule has 1 aliphatic rings. The van der Waals surface area contributed by atoms with Crippen molar-refractivity contribution in [2.75, 3.05) is 21.3 Å². The number of nitrogens with zero attached hydrogens (tertiary/aromatic N) is 1. The zero-order chi connectivity index (χ0) is 18.0. The Kier molecular flexibility index (Phi) is 5.34. The Morgan fingerprint density at radius 3 is 2.08 bits per heavy atom. The van der Waals surface area contributed by atoms with E-state index in [-0.39, 0.29) is 0 Å². The van der Waals surface area contributed by atoms with Gasteiger partial charge >= 0.3 is 0 Å². The molecule has 0 unspecified atom stereocenters. The van der Waals surface area contributed by atoms with Crippen LogP contribution in [0.4, 0.5) is 0 Å². The largest absolute Gasteiger partial charge is 0.493 e. The van der Waals surface area contributed by atoms with E-state index in [1.165, 1.54) is 0 Å².